The molecule has 0 radical (unpaired) electrons. The van der Waals surface area contributed by atoms with Gasteiger partial charge in [-0.1, -0.05) is 25.7 Å². The predicted molar refractivity (Wildman–Crippen MR) is 89.1 cm³/mol. The molecule has 1 N–H and O–H groups in total. The molecule has 0 heterocycles. The van der Waals surface area contributed by atoms with Crippen LogP contribution in [-0.4, -0.2) is 27.2 Å². The van der Waals surface area contributed by atoms with Gasteiger partial charge in [-0.2, -0.15) is 0 Å². The molecule has 1 aliphatic carbocycles. The number of carbonyl (C=O) groups is 1. The standard InChI is InChI=1S/C18H27NO4/c1-21-15-10-14(11-16(22-2)18(15)23-3)12-19-17(20)9-8-13-6-4-5-7-13/h10-11,13H,4-9,12H2,1-3H3,(H,19,20). The summed E-state index contributed by atoms with van der Waals surface area (Å²) in [4.78, 5) is 12.0. The van der Waals surface area contributed by atoms with Gasteiger partial charge in [0, 0.05) is 13.0 Å². The minimum absolute atomic E-state index is 0.102. The van der Waals surface area contributed by atoms with Crippen molar-refractivity contribution in [3.05, 3.63) is 17.7 Å². The Morgan fingerprint density at radius 3 is 2.22 bits per heavy atom. The van der Waals surface area contributed by atoms with Crippen LogP contribution in [0, 0.1) is 5.92 Å². The van der Waals surface area contributed by atoms with E-state index in [4.69, 9.17) is 14.2 Å². The molecule has 0 aromatic heterocycles. The van der Waals surface area contributed by atoms with Gasteiger partial charge in [-0.25, -0.2) is 0 Å². The monoisotopic (exact) mass is 321 g/mol. The molecule has 1 fully saturated rings. The van der Waals surface area contributed by atoms with Crippen LogP contribution >= 0.6 is 0 Å². The maximum Gasteiger partial charge on any atom is 0.220 e. The van der Waals surface area contributed by atoms with Crippen molar-refractivity contribution in [2.24, 2.45) is 5.92 Å². The van der Waals surface area contributed by atoms with Crippen molar-refractivity contribution in [2.45, 2.75) is 45.1 Å². The lowest BCUT2D eigenvalue weighted by atomic mass is 10.0. The van der Waals surface area contributed by atoms with Gasteiger partial charge in [-0.15, -0.1) is 0 Å². The van der Waals surface area contributed by atoms with Crippen molar-refractivity contribution in [1.29, 1.82) is 0 Å². The van der Waals surface area contributed by atoms with E-state index in [-0.39, 0.29) is 5.91 Å². The minimum Gasteiger partial charge on any atom is -0.493 e. The van der Waals surface area contributed by atoms with E-state index < -0.39 is 0 Å². The first-order valence-electron chi connectivity index (χ1n) is 8.23. The van der Waals surface area contributed by atoms with Crippen LogP contribution < -0.4 is 19.5 Å². The van der Waals surface area contributed by atoms with Crippen LogP contribution in [0.2, 0.25) is 0 Å². The van der Waals surface area contributed by atoms with Gasteiger partial charge in [0.15, 0.2) is 11.5 Å². The number of rotatable bonds is 8. The average molecular weight is 321 g/mol. The van der Waals surface area contributed by atoms with E-state index in [0.717, 1.165) is 17.9 Å². The van der Waals surface area contributed by atoms with Gasteiger partial charge in [0.25, 0.3) is 0 Å². The van der Waals surface area contributed by atoms with Gasteiger partial charge in [0.1, 0.15) is 0 Å². The first-order valence-corrected chi connectivity index (χ1v) is 8.23. The van der Waals surface area contributed by atoms with E-state index in [0.29, 0.717) is 30.2 Å². The molecule has 1 aromatic rings. The second-order valence-corrected chi connectivity index (χ2v) is 6.00. The molecule has 1 aliphatic rings. The molecule has 0 atom stereocenters. The SMILES string of the molecule is COc1cc(CNC(=O)CCC2CCCC2)cc(OC)c1OC. The van der Waals surface area contributed by atoms with Crippen molar-refractivity contribution in [3.8, 4) is 17.2 Å². The molecule has 0 bridgehead atoms. The van der Waals surface area contributed by atoms with Crippen molar-refractivity contribution in [2.75, 3.05) is 21.3 Å². The third kappa shape index (κ3) is 4.78. The number of amides is 1. The summed E-state index contributed by atoms with van der Waals surface area (Å²) < 4.78 is 15.9. The van der Waals surface area contributed by atoms with Crippen LogP contribution in [0.15, 0.2) is 12.1 Å². The molecular weight excluding hydrogens is 294 g/mol. The zero-order chi connectivity index (χ0) is 16.7. The molecule has 1 saturated carbocycles. The molecule has 1 aromatic carbocycles. The first kappa shape index (κ1) is 17.4. The number of benzene rings is 1. The van der Waals surface area contributed by atoms with Crippen molar-refractivity contribution in [3.63, 3.8) is 0 Å². The zero-order valence-corrected chi connectivity index (χ0v) is 14.3. The highest BCUT2D eigenvalue weighted by molar-refractivity contribution is 5.75. The number of hydrogen-bond acceptors (Lipinski definition) is 4. The lowest BCUT2D eigenvalue weighted by molar-refractivity contribution is -0.121. The van der Waals surface area contributed by atoms with Gasteiger partial charge >= 0.3 is 0 Å². The highest BCUT2D eigenvalue weighted by atomic mass is 16.5. The Kier molecular flexibility index (Phi) is 6.56. The second-order valence-electron chi connectivity index (χ2n) is 6.00. The minimum atomic E-state index is 0.102. The Balaban J connectivity index is 1.90. The maximum atomic E-state index is 12.0. The van der Waals surface area contributed by atoms with Gasteiger partial charge in [0.2, 0.25) is 11.7 Å². The van der Waals surface area contributed by atoms with E-state index >= 15 is 0 Å². The van der Waals surface area contributed by atoms with E-state index in [1.165, 1.54) is 25.7 Å². The lowest BCUT2D eigenvalue weighted by Crippen LogP contribution is -2.23. The quantitative estimate of drug-likeness (QED) is 0.798. The Morgan fingerprint density at radius 1 is 1.09 bits per heavy atom. The summed E-state index contributed by atoms with van der Waals surface area (Å²) in [5.41, 5.74) is 0.925. The molecule has 5 heteroatoms. The number of methoxy groups -OCH3 is 3. The van der Waals surface area contributed by atoms with Crippen LogP contribution in [-0.2, 0) is 11.3 Å². The van der Waals surface area contributed by atoms with E-state index in [1.807, 2.05) is 12.1 Å². The van der Waals surface area contributed by atoms with Crippen LogP contribution in [0.5, 0.6) is 17.2 Å². The van der Waals surface area contributed by atoms with Crippen LogP contribution in [0.1, 0.15) is 44.1 Å². The van der Waals surface area contributed by atoms with Crippen LogP contribution in [0.25, 0.3) is 0 Å². The van der Waals surface area contributed by atoms with Gasteiger partial charge < -0.3 is 19.5 Å². The molecule has 5 nitrogen and oxygen atoms in total. The summed E-state index contributed by atoms with van der Waals surface area (Å²) in [5, 5.41) is 2.97. The summed E-state index contributed by atoms with van der Waals surface area (Å²) >= 11 is 0. The summed E-state index contributed by atoms with van der Waals surface area (Å²) in [6.45, 7) is 0.459. The molecule has 1 amide bonds. The normalized spacial score (nSPS) is 14.6. The predicted octanol–water partition coefficient (Wildman–Crippen LogP) is 3.30. The average Bonchev–Trinajstić information content (AvgIpc) is 3.10. The highest BCUT2D eigenvalue weighted by Gasteiger charge is 2.17. The Hall–Kier alpha value is -1.91. The second kappa shape index (κ2) is 8.65. The molecule has 0 aliphatic heterocycles. The topological polar surface area (TPSA) is 56.8 Å². The van der Waals surface area contributed by atoms with Crippen molar-refractivity contribution >= 4 is 5.91 Å². The molecule has 23 heavy (non-hydrogen) atoms. The van der Waals surface area contributed by atoms with Gasteiger partial charge in [-0.05, 0) is 30.0 Å². The fourth-order valence-electron chi connectivity index (χ4n) is 3.16. The van der Waals surface area contributed by atoms with E-state index in [9.17, 15) is 4.79 Å². The highest BCUT2D eigenvalue weighted by Crippen LogP contribution is 2.38. The van der Waals surface area contributed by atoms with Crippen molar-refractivity contribution in [1.82, 2.24) is 5.32 Å². The summed E-state index contributed by atoms with van der Waals surface area (Å²) in [6, 6.07) is 3.72. The Bertz CT molecular complexity index is 499. The fourth-order valence-corrected chi connectivity index (χ4v) is 3.16. The zero-order valence-electron chi connectivity index (χ0n) is 14.3. The lowest BCUT2D eigenvalue weighted by Gasteiger charge is -2.14. The fraction of sp³-hybridized carbons (Fsp3) is 0.611. The van der Waals surface area contributed by atoms with Gasteiger partial charge in [-0.3, -0.25) is 4.79 Å². The Morgan fingerprint density at radius 2 is 1.70 bits per heavy atom. The van der Waals surface area contributed by atoms with E-state index in [1.54, 1.807) is 21.3 Å². The Labute approximate surface area is 138 Å². The van der Waals surface area contributed by atoms with Crippen molar-refractivity contribution < 1.29 is 19.0 Å². The molecular formula is C18H27NO4. The summed E-state index contributed by atoms with van der Waals surface area (Å²) in [6.07, 6.45) is 6.80. The molecule has 0 saturated heterocycles. The van der Waals surface area contributed by atoms with Crippen LogP contribution in [0.3, 0.4) is 0 Å². The smallest absolute Gasteiger partial charge is 0.220 e. The third-order valence-electron chi connectivity index (χ3n) is 4.47. The third-order valence-corrected chi connectivity index (χ3v) is 4.47. The first-order chi connectivity index (χ1) is 11.2. The molecule has 128 valence electrons. The number of ether oxygens (including phenoxy) is 3. The summed E-state index contributed by atoms with van der Waals surface area (Å²) in [5.74, 6) is 2.60. The molecule has 0 spiro atoms. The molecule has 2 rings (SSSR count). The number of nitrogens with one attached hydrogen (secondary N) is 1. The van der Waals surface area contributed by atoms with E-state index in [2.05, 4.69) is 5.32 Å². The number of carbonyl (C=O) groups excluding carboxylic acids is 1. The largest absolute Gasteiger partial charge is 0.493 e. The number of hydrogen-bond donors (Lipinski definition) is 1. The van der Waals surface area contributed by atoms with Crippen LogP contribution in [0.4, 0.5) is 0 Å². The summed E-state index contributed by atoms with van der Waals surface area (Å²) in [7, 11) is 4.74. The molecule has 0 unspecified atom stereocenters. The maximum absolute atomic E-state index is 12.0. The van der Waals surface area contributed by atoms with Gasteiger partial charge in [0.05, 0.1) is 21.3 Å².